The zero-order chi connectivity index (χ0) is 13.1. The zero-order valence-corrected chi connectivity index (χ0v) is 11.5. The van der Waals surface area contributed by atoms with Crippen LogP contribution in [0.1, 0.15) is 10.4 Å². The molecule has 4 nitrogen and oxygen atoms in total. The number of halogens is 2. The van der Waals surface area contributed by atoms with Gasteiger partial charge in [-0.2, -0.15) is 0 Å². The van der Waals surface area contributed by atoms with E-state index in [4.69, 9.17) is 11.6 Å². The summed E-state index contributed by atoms with van der Waals surface area (Å²) >= 11 is 9.03. The van der Waals surface area contributed by atoms with Crippen LogP contribution in [-0.4, -0.2) is 15.3 Å². The first-order chi connectivity index (χ1) is 8.58. The number of benzene rings is 1. The van der Waals surface area contributed by atoms with E-state index in [0.717, 1.165) is 0 Å². The van der Waals surface area contributed by atoms with Gasteiger partial charge in [0.05, 0.1) is 17.8 Å². The first-order valence-electron chi connectivity index (χ1n) is 5.07. The highest BCUT2D eigenvalue weighted by Crippen LogP contribution is 2.16. The van der Waals surface area contributed by atoms with Crippen LogP contribution in [-0.2, 0) is 6.54 Å². The molecule has 0 aliphatic carbocycles. The molecule has 0 aliphatic rings. The molecule has 0 radical (unpaired) electrons. The second kappa shape index (κ2) is 5.46. The predicted octanol–water partition coefficient (Wildman–Crippen LogP) is 2.54. The van der Waals surface area contributed by atoms with Gasteiger partial charge in [0, 0.05) is 16.2 Å². The Morgan fingerprint density at radius 2 is 2.11 bits per heavy atom. The predicted molar refractivity (Wildman–Crippen MR) is 72.0 cm³/mol. The third-order valence-corrected chi connectivity index (χ3v) is 3.20. The first kappa shape index (κ1) is 13.0. The van der Waals surface area contributed by atoms with Crippen LogP contribution in [0.15, 0.2) is 45.9 Å². The topological polar surface area (TPSA) is 52.0 Å². The lowest BCUT2D eigenvalue weighted by molar-refractivity contribution is 0.0969. The third kappa shape index (κ3) is 2.86. The van der Waals surface area contributed by atoms with Crippen molar-refractivity contribution in [2.75, 3.05) is 0 Å². The number of carbonyl (C=O) groups excluding carboxylic acids is 1. The van der Waals surface area contributed by atoms with Gasteiger partial charge >= 0.3 is 5.69 Å². The first-order valence-corrected chi connectivity index (χ1v) is 6.25. The standard InChI is InChI=1S/C12H8BrClN2O2/c13-10-4-2-1-3-9(10)11(17)7-16-6-8(14)5-15-12(16)18/h1-6H,7H2. The second-order valence-electron chi connectivity index (χ2n) is 3.59. The highest BCUT2D eigenvalue weighted by molar-refractivity contribution is 9.10. The number of nitrogens with zero attached hydrogens (tertiary/aromatic N) is 2. The molecule has 1 aromatic heterocycles. The van der Waals surface area contributed by atoms with E-state index in [1.165, 1.54) is 17.0 Å². The van der Waals surface area contributed by atoms with Crippen molar-refractivity contribution in [3.63, 3.8) is 0 Å². The average Bonchev–Trinajstić information content (AvgIpc) is 2.34. The van der Waals surface area contributed by atoms with Crippen LogP contribution in [0.25, 0.3) is 0 Å². The summed E-state index contributed by atoms with van der Waals surface area (Å²) in [6, 6.07) is 7.03. The zero-order valence-electron chi connectivity index (χ0n) is 9.14. The Morgan fingerprint density at radius 1 is 1.39 bits per heavy atom. The molecule has 0 fully saturated rings. The lowest BCUT2D eigenvalue weighted by Crippen LogP contribution is -2.25. The highest BCUT2D eigenvalue weighted by atomic mass is 79.9. The Bertz CT molecular complexity index is 655. The quantitative estimate of drug-likeness (QED) is 0.814. The van der Waals surface area contributed by atoms with Crippen molar-refractivity contribution in [1.29, 1.82) is 0 Å². The molecule has 0 unspecified atom stereocenters. The molecule has 0 bridgehead atoms. The molecule has 0 aliphatic heterocycles. The fourth-order valence-corrected chi connectivity index (χ4v) is 2.14. The maximum Gasteiger partial charge on any atom is 0.348 e. The Labute approximate surface area is 116 Å². The molecule has 0 saturated carbocycles. The van der Waals surface area contributed by atoms with Crippen molar-refractivity contribution < 1.29 is 4.79 Å². The maximum absolute atomic E-state index is 12.0. The van der Waals surface area contributed by atoms with Gasteiger partial charge in [-0.3, -0.25) is 9.36 Å². The number of hydrogen-bond donors (Lipinski definition) is 0. The lowest BCUT2D eigenvalue weighted by atomic mass is 10.1. The summed E-state index contributed by atoms with van der Waals surface area (Å²) in [4.78, 5) is 27.0. The van der Waals surface area contributed by atoms with Gasteiger partial charge in [-0.05, 0) is 6.07 Å². The minimum Gasteiger partial charge on any atom is -0.292 e. The van der Waals surface area contributed by atoms with Gasteiger partial charge in [0.25, 0.3) is 0 Å². The summed E-state index contributed by atoms with van der Waals surface area (Å²) < 4.78 is 1.88. The van der Waals surface area contributed by atoms with E-state index >= 15 is 0 Å². The average molecular weight is 328 g/mol. The number of hydrogen-bond acceptors (Lipinski definition) is 3. The fourth-order valence-electron chi connectivity index (χ4n) is 1.47. The van der Waals surface area contributed by atoms with Crippen LogP contribution in [0, 0.1) is 0 Å². The van der Waals surface area contributed by atoms with Crippen molar-refractivity contribution in [3.8, 4) is 0 Å². The van der Waals surface area contributed by atoms with Gasteiger partial charge in [0.1, 0.15) is 0 Å². The summed E-state index contributed by atoms with van der Waals surface area (Å²) in [7, 11) is 0. The van der Waals surface area contributed by atoms with Crippen molar-refractivity contribution >= 4 is 33.3 Å². The lowest BCUT2D eigenvalue weighted by Gasteiger charge is -2.06. The van der Waals surface area contributed by atoms with E-state index in [2.05, 4.69) is 20.9 Å². The third-order valence-electron chi connectivity index (χ3n) is 2.31. The van der Waals surface area contributed by atoms with Gasteiger partial charge in [-0.15, -0.1) is 0 Å². The van der Waals surface area contributed by atoms with Crippen LogP contribution in [0.4, 0.5) is 0 Å². The van der Waals surface area contributed by atoms with E-state index in [9.17, 15) is 9.59 Å². The molecule has 0 spiro atoms. The van der Waals surface area contributed by atoms with Crippen molar-refractivity contribution in [2.45, 2.75) is 6.54 Å². The van der Waals surface area contributed by atoms with E-state index in [0.29, 0.717) is 15.1 Å². The van der Waals surface area contributed by atoms with E-state index in [-0.39, 0.29) is 12.3 Å². The summed E-state index contributed by atoms with van der Waals surface area (Å²) in [5.74, 6) is -0.186. The van der Waals surface area contributed by atoms with Crippen LogP contribution < -0.4 is 5.69 Å². The van der Waals surface area contributed by atoms with Crippen molar-refractivity contribution in [3.05, 3.63) is 62.2 Å². The summed E-state index contributed by atoms with van der Waals surface area (Å²) in [6.45, 7) is -0.0883. The van der Waals surface area contributed by atoms with E-state index in [1.807, 2.05) is 6.07 Å². The van der Waals surface area contributed by atoms with Crippen LogP contribution in [0.2, 0.25) is 5.02 Å². The Balaban J connectivity index is 2.30. The van der Waals surface area contributed by atoms with Gasteiger partial charge < -0.3 is 0 Å². The van der Waals surface area contributed by atoms with Crippen LogP contribution >= 0.6 is 27.5 Å². The van der Waals surface area contributed by atoms with Gasteiger partial charge in [0.15, 0.2) is 5.78 Å². The molecule has 0 saturated heterocycles. The summed E-state index contributed by atoms with van der Waals surface area (Å²) in [5, 5.41) is 0.314. The Kier molecular flexibility index (Phi) is 3.93. The summed E-state index contributed by atoms with van der Waals surface area (Å²) in [5.41, 5.74) is 0.0178. The molecule has 2 aromatic rings. The van der Waals surface area contributed by atoms with Gasteiger partial charge in [-0.1, -0.05) is 45.7 Å². The van der Waals surface area contributed by atoms with Crippen LogP contribution in [0.3, 0.4) is 0 Å². The molecule has 6 heteroatoms. The molecule has 0 amide bonds. The maximum atomic E-state index is 12.0. The Hall–Kier alpha value is -1.46. The number of ketones is 1. The molecule has 1 heterocycles. The monoisotopic (exact) mass is 326 g/mol. The number of carbonyl (C=O) groups is 1. The van der Waals surface area contributed by atoms with Gasteiger partial charge in [0.2, 0.25) is 0 Å². The Morgan fingerprint density at radius 3 is 2.83 bits per heavy atom. The molecule has 18 heavy (non-hydrogen) atoms. The number of rotatable bonds is 3. The smallest absolute Gasteiger partial charge is 0.292 e. The number of Topliss-reactive ketones (excluding diaryl/α,β-unsaturated/α-hetero) is 1. The SMILES string of the molecule is O=C(Cn1cc(Cl)cnc1=O)c1ccccc1Br. The molecule has 1 aromatic carbocycles. The minimum atomic E-state index is -0.500. The van der Waals surface area contributed by atoms with Gasteiger partial charge in [-0.25, -0.2) is 9.78 Å². The van der Waals surface area contributed by atoms with Crippen molar-refractivity contribution in [1.82, 2.24) is 9.55 Å². The van der Waals surface area contributed by atoms with Crippen LogP contribution in [0.5, 0.6) is 0 Å². The van der Waals surface area contributed by atoms with E-state index in [1.54, 1.807) is 18.2 Å². The second-order valence-corrected chi connectivity index (χ2v) is 4.88. The largest absolute Gasteiger partial charge is 0.348 e. The normalized spacial score (nSPS) is 10.3. The van der Waals surface area contributed by atoms with E-state index < -0.39 is 5.69 Å². The molecular formula is C12H8BrClN2O2. The molecule has 0 atom stereocenters. The summed E-state index contributed by atoms with van der Waals surface area (Å²) in [6.07, 6.45) is 2.65. The molecule has 0 N–H and O–H groups in total. The minimum absolute atomic E-state index is 0.0883. The molecular weight excluding hydrogens is 320 g/mol. The molecule has 2 rings (SSSR count). The molecule has 92 valence electrons. The highest BCUT2D eigenvalue weighted by Gasteiger charge is 2.11. The fraction of sp³-hybridized carbons (Fsp3) is 0.0833. The van der Waals surface area contributed by atoms with Crippen molar-refractivity contribution in [2.24, 2.45) is 0 Å². The number of aromatic nitrogens is 2.